The Morgan fingerprint density at radius 3 is 2.84 bits per heavy atom. The number of rotatable bonds is 6. The number of anilines is 1. The van der Waals surface area contributed by atoms with E-state index < -0.39 is 11.6 Å². The molecule has 164 valence electrons. The van der Waals surface area contributed by atoms with E-state index in [2.05, 4.69) is 10.4 Å². The fraction of sp³-hybridized carbons (Fsp3) is 0.391. The van der Waals surface area contributed by atoms with E-state index in [1.807, 2.05) is 30.9 Å². The molecule has 1 saturated heterocycles. The van der Waals surface area contributed by atoms with Gasteiger partial charge < -0.3 is 15.3 Å². The molecule has 0 unspecified atom stereocenters. The van der Waals surface area contributed by atoms with Gasteiger partial charge in [0.1, 0.15) is 11.6 Å². The van der Waals surface area contributed by atoms with E-state index in [0.717, 1.165) is 24.2 Å². The molecule has 1 aliphatic heterocycles. The summed E-state index contributed by atoms with van der Waals surface area (Å²) < 4.78 is 29.8. The highest BCUT2D eigenvalue weighted by Crippen LogP contribution is 2.38. The van der Waals surface area contributed by atoms with E-state index >= 15 is 0 Å². The van der Waals surface area contributed by atoms with E-state index in [1.165, 1.54) is 12.3 Å². The van der Waals surface area contributed by atoms with Gasteiger partial charge in [-0.3, -0.25) is 4.79 Å². The first-order chi connectivity index (χ1) is 14.9. The lowest BCUT2D eigenvalue weighted by Gasteiger charge is -2.27. The van der Waals surface area contributed by atoms with Crippen molar-refractivity contribution < 1.29 is 18.7 Å². The summed E-state index contributed by atoms with van der Waals surface area (Å²) >= 11 is 0. The van der Waals surface area contributed by atoms with Crippen LogP contribution in [0.25, 0.3) is 5.52 Å². The van der Waals surface area contributed by atoms with Crippen molar-refractivity contribution in [3.63, 3.8) is 0 Å². The number of hydrogen-bond donors (Lipinski definition) is 2. The monoisotopic (exact) mass is 428 g/mol. The fourth-order valence-electron chi connectivity index (χ4n) is 4.16. The van der Waals surface area contributed by atoms with Crippen molar-refractivity contribution >= 4 is 17.1 Å². The van der Waals surface area contributed by atoms with Gasteiger partial charge in [-0.15, -0.1) is 0 Å². The Bertz CT molecular complexity index is 1100. The lowest BCUT2D eigenvalue weighted by Crippen LogP contribution is -2.41. The normalized spacial score (nSPS) is 17.5. The minimum Gasteiger partial charge on any atom is -0.394 e. The van der Waals surface area contributed by atoms with Crippen LogP contribution in [0.1, 0.15) is 48.7 Å². The Labute approximate surface area is 179 Å². The first kappa shape index (κ1) is 21.2. The summed E-state index contributed by atoms with van der Waals surface area (Å²) in [7, 11) is 0. The van der Waals surface area contributed by atoms with Crippen LogP contribution in [-0.2, 0) is 0 Å². The third kappa shape index (κ3) is 4.12. The summed E-state index contributed by atoms with van der Waals surface area (Å²) in [5.74, 6) is -1.11. The molecule has 3 aromatic rings. The van der Waals surface area contributed by atoms with Gasteiger partial charge in [-0.2, -0.15) is 5.10 Å². The van der Waals surface area contributed by atoms with Crippen LogP contribution in [0.15, 0.2) is 42.7 Å². The zero-order valence-electron chi connectivity index (χ0n) is 17.6. The topological polar surface area (TPSA) is 69.9 Å². The molecule has 2 atom stereocenters. The first-order valence-electron chi connectivity index (χ1n) is 10.5. The number of aliphatic hydroxyl groups excluding tert-OH is 1. The number of benzene rings is 1. The molecule has 8 heteroatoms. The van der Waals surface area contributed by atoms with Gasteiger partial charge in [0.15, 0.2) is 0 Å². The molecule has 1 aliphatic rings. The molecule has 1 aromatic carbocycles. The van der Waals surface area contributed by atoms with Gasteiger partial charge in [-0.1, -0.05) is 13.8 Å². The van der Waals surface area contributed by atoms with E-state index in [1.54, 1.807) is 10.7 Å². The molecule has 1 fully saturated rings. The highest BCUT2D eigenvalue weighted by molar-refractivity contribution is 6.01. The van der Waals surface area contributed by atoms with Crippen molar-refractivity contribution in [2.75, 3.05) is 18.1 Å². The van der Waals surface area contributed by atoms with Crippen LogP contribution in [0.2, 0.25) is 0 Å². The van der Waals surface area contributed by atoms with Crippen LogP contribution in [0.5, 0.6) is 0 Å². The number of pyridine rings is 1. The van der Waals surface area contributed by atoms with Crippen LogP contribution in [0.4, 0.5) is 14.5 Å². The van der Waals surface area contributed by atoms with Crippen molar-refractivity contribution in [1.29, 1.82) is 0 Å². The third-order valence-electron chi connectivity index (χ3n) is 5.97. The van der Waals surface area contributed by atoms with Crippen LogP contribution in [0.3, 0.4) is 0 Å². The molecule has 0 radical (unpaired) electrons. The van der Waals surface area contributed by atoms with Gasteiger partial charge in [0.25, 0.3) is 5.91 Å². The van der Waals surface area contributed by atoms with E-state index in [0.29, 0.717) is 29.6 Å². The Balaban J connectivity index is 1.67. The average molecular weight is 428 g/mol. The summed E-state index contributed by atoms with van der Waals surface area (Å²) in [4.78, 5) is 14.9. The quantitative estimate of drug-likeness (QED) is 0.628. The maximum Gasteiger partial charge on any atom is 0.255 e. The number of fused-ring (bicyclic) bond motifs is 1. The van der Waals surface area contributed by atoms with Crippen LogP contribution >= 0.6 is 0 Å². The molecule has 0 saturated carbocycles. The molecular formula is C23H26F2N4O2. The van der Waals surface area contributed by atoms with Gasteiger partial charge in [-0.05, 0) is 49.1 Å². The Kier molecular flexibility index (Phi) is 5.91. The zero-order valence-corrected chi connectivity index (χ0v) is 17.6. The summed E-state index contributed by atoms with van der Waals surface area (Å²) in [5, 5.41) is 16.6. The summed E-state index contributed by atoms with van der Waals surface area (Å²) in [6.45, 7) is 4.40. The summed E-state index contributed by atoms with van der Waals surface area (Å²) in [6, 6.07) is 6.62. The minimum atomic E-state index is -0.461. The standard InChI is InChI=1S/C23H26F2N4O2/c1-14(2)20(13-30)27-23(31)18-12-26-29-9-7-16(11-22(18)29)28-8-3-4-21(28)17-10-15(24)5-6-19(17)25/h5-7,9-12,14,20-21,30H,3-4,8,13H2,1-2H3,(H,27,31)/t20-,21-/m1/s1. The van der Waals surface area contributed by atoms with Crippen LogP contribution in [0, 0.1) is 17.6 Å². The SMILES string of the molecule is CC(C)[C@@H](CO)NC(=O)c1cnn2ccc(N3CCC[C@@H]3c3cc(F)ccc3F)cc12. The molecule has 1 amide bonds. The molecule has 0 spiro atoms. The molecule has 0 aliphatic carbocycles. The van der Waals surface area contributed by atoms with E-state index in [4.69, 9.17) is 0 Å². The minimum absolute atomic E-state index is 0.0814. The van der Waals surface area contributed by atoms with E-state index in [9.17, 15) is 18.7 Å². The largest absolute Gasteiger partial charge is 0.394 e. The highest BCUT2D eigenvalue weighted by Gasteiger charge is 2.29. The molecule has 6 nitrogen and oxygen atoms in total. The van der Waals surface area contributed by atoms with Gasteiger partial charge in [0.05, 0.1) is 36.0 Å². The molecule has 0 bridgehead atoms. The number of carbonyl (C=O) groups excluding carboxylic acids is 1. The fourth-order valence-corrected chi connectivity index (χ4v) is 4.16. The average Bonchev–Trinajstić information content (AvgIpc) is 3.40. The Morgan fingerprint density at radius 2 is 2.10 bits per heavy atom. The molecular weight excluding hydrogens is 402 g/mol. The molecule has 4 rings (SSSR count). The van der Waals surface area contributed by atoms with Crippen LogP contribution < -0.4 is 10.2 Å². The summed E-state index contributed by atoms with van der Waals surface area (Å²) in [6.07, 6.45) is 4.82. The number of amides is 1. The number of nitrogens with zero attached hydrogens (tertiary/aromatic N) is 3. The first-order valence-corrected chi connectivity index (χ1v) is 10.5. The second kappa shape index (κ2) is 8.63. The Morgan fingerprint density at radius 1 is 1.29 bits per heavy atom. The van der Waals surface area contributed by atoms with E-state index in [-0.39, 0.29) is 30.5 Å². The van der Waals surface area contributed by atoms with Gasteiger partial charge in [0, 0.05) is 24.0 Å². The molecule has 31 heavy (non-hydrogen) atoms. The van der Waals surface area contributed by atoms with Crippen molar-refractivity contribution in [3.8, 4) is 0 Å². The smallest absolute Gasteiger partial charge is 0.255 e. The maximum atomic E-state index is 14.4. The predicted octanol–water partition coefficient (Wildman–Crippen LogP) is 3.70. The second-order valence-corrected chi connectivity index (χ2v) is 8.30. The van der Waals surface area contributed by atoms with Crippen molar-refractivity contribution in [1.82, 2.24) is 14.9 Å². The lowest BCUT2D eigenvalue weighted by atomic mass is 10.0. The van der Waals surface area contributed by atoms with Gasteiger partial charge in [-0.25, -0.2) is 13.3 Å². The predicted molar refractivity (Wildman–Crippen MR) is 114 cm³/mol. The Hall–Kier alpha value is -3.00. The number of nitrogens with one attached hydrogen (secondary N) is 1. The van der Waals surface area contributed by atoms with Crippen molar-refractivity contribution in [3.05, 3.63) is 65.5 Å². The lowest BCUT2D eigenvalue weighted by molar-refractivity contribution is 0.0898. The number of hydrogen-bond acceptors (Lipinski definition) is 4. The van der Waals surface area contributed by atoms with Gasteiger partial charge in [0.2, 0.25) is 0 Å². The van der Waals surface area contributed by atoms with Gasteiger partial charge >= 0.3 is 0 Å². The highest BCUT2D eigenvalue weighted by atomic mass is 19.1. The number of aromatic nitrogens is 2. The molecule has 2 N–H and O–H groups in total. The second-order valence-electron chi connectivity index (χ2n) is 8.30. The summed E-state index contributed by atoms with van der Waals surface area (Å²) in [5.41, 5.74) is 2.16. The molecule has 3 heterocycles. The third-order valence-corrected chi connectivity index (χ3v) is 5.97. The number of halogens is 2. The number of carbonyl (C=O) groups is 1. The van der Waals surface area contributed by atoms with Crippen molar-refractivity contribution in [2.24, 2.45) is 5.92 Å². The zero-order chi connectivity index (χ0) is 22.1. The number of aliphatic hydroxyl groups is 1. The van der Waals surface area contributed by atoms with Crippen molar-refractivity contribution in [2.45, 2.75) is 38.8 Å². The maximum absolute atomic E-state index is 14.4. The van der Waals surface area contributed by atoms with Crippen LogP contribution in [-0.4, -0.2) is 39.8 Å². The molecule has 2 aromatic heterocycles.